The monoisotopic (exact) mass is 601 g/mol. The zero-order valence-electron chi connectivity index (χ0n) is 20.6. The minimum absolute atomic E-state index is 0.000967. The number of nitrogens with zero attached hydrogens (tertiary/aromatic N) is 1. The van der Waals surface area contributed by atoms with Crippen molar-refractivity contribution in [2.45, 2.75) is 6.54 Å². The van der Waals surface area contributed by atoms with Crippen molar-refractivity contribution < 1.29 is 42.2 Å². The van der Waals surface area contributed by atoms with Gasteiger partial charge < -0.3 is 29.3 Å². The predicted octanol–water partition coefficient (Wildman–Crippen LogP) is 4.09. The van der Waals surface area contributed by atoms with E-state index < -0.39 is 29.6 Å². The van der Waals surface area contributed by atoms with Gasteiger partial charge in [0, 0.05) is 5.69 Å². The van der Waals surface area contributed by atoms with Crippen LogP contribution in [-0.2, 0) is 20.9 Å². The predicted molar refractivity (Wildman–Crippen MR) is 138 cm³/mol. The van der Waals surface area contributed by atoms with Crippen molar-refractivity contribution >= 4 is 51.5 Å². The van der Waals surface area contributed by atoms with E-state index >= 15 is 0 Å². The molecule has 39 heavy (non-hydrogen) atoms. The summed E-state index contributed by atoms with van der Waals surface area (Å²) in [5.41, 5.74) is 0.894. The number of esters is 1. The highest BCUT2D eigenvalue weighted by atomic mass is 79.9. The largest absolute Gasteiger partial charge is 0.493 e. The van der Waals surface area contributed by atoms with Crippen LogP contribution in [0.5, 0.6) is 11.5 Å². The third-order valence-electron chi connectivity index (χ3n) is 5.36. The Balaban J connectivity index is 1.45. The van der Waals surface area contributed by atoms with E-state index in [2.05, 4.69) is 31.3 Å². The lowest BCUT2D eigenvalue weighted by Gasteiger charge is -2.14. The maximum absolute atomic E-state index is 13.0. The zero-order valence-corrected chi connectivity index (χ0v) is 22.2. The molecule has 1 fully saturated rings. The summed E-state index contributed by atoms with van der Waals surface area (Å²) in [6.07, 6.45) is 1.44. The molecular formula is C26H21BrFN3O8. The van der Waals surface area contributed by atoms with E-state index in [9.17, 15) is 23.6 Å². The first-order chi connectivity index (χ1) is 18.7. The molecule has 2 N–H and O–H groups in total. The van der Waals surface area contributed by atoms with Gasteiger partial charge in [-0.05, 0) is 76.1 Å². The first-order valence-corrected chi connectivity index (χ1v) is 12.0. The molecule has 0 radical (unpaired) electrons. The molecule has 4 amide bonds. The number of hydrogen-bond acceptors (Lipinski definition) is 8. The molecule has 0 aliphatic carbocycles. The number of imide groups is 1. The van der Waals surface area contributed by atoms with Crippen molar-refractivity contribution in [1.82, 2.24) is 10.2 Å². The Morgan fingerprint density at radius 1 is 1.13 bits per heavy atom. The summed E-state index contributed by atoms with van der Waals surface area (Å²) >= 11 is 3.38. The molecule has 11 nitrogen and oxygen atoms in total. The topological polar surface area (TPSA) is 136 Å². The summed E-state index contributed by atoms with van der Waals surface area (Å²) in [4.78, 5) is 50.1. The molecule has 0 saturated carbocycles. The van der Waals surface area contributed by atoms with Gasteiger partial charge in [0.15, 0.2) is 18.1 Å². The lowest BCUT2D eigenvalue weighted by molar-refractivity contribution is -0.123. The Bertz CT molecular complexity index is 1470. The molecule has 0 unspecified atom stereocenters. The van der Waals surface area contributed by atoms with Gasteiger partial charge >= 0.3 is 12.0 Å². The Labute approximate surface area is 229 Å². The maximum atomic E-state index is 13.0. The Morgan fingerprint density at radius 3 is 2.56 bits per heavy atom. The highest BCUT2D eigenvalue weighted by Crippen LogP contribution is 2.37. The third-order valence-corrected chi connectivity index (χ3v) is 5.95. The molecule has 0 bridgehead atoms. The molecule has 2 heterocycles. The van der Waals surface area contributed by atoms with E-state index in [-0.39, 0.29) is 41.9 Å². The van der Waals surface area contributed by atoms with Gasteiger partial charge in [0.25, 0.3) is 11.8 Å². The second-order valence-corrected chi connectivity index (χ2v) is 8.87. The first-order valence-electron chi connectivity index (χ1n) is 11.3. The Hall–Kier alpha value is -4.65. The van der Waals surface area contributed by atoms with Crippen molar-refractivity contribution in [1.29, 1.82) is 0 Å². The number of halogens is 2. The second kappa shape index (κ2) is 11.8. The average Bonchev–Trinajstić information content (AvgIpc) is 3.49. The molecule has 1 aromatic heterocycles. The van der Waals surface area contributed by atoms with Crippen LogP contribution in [-0.4, -0.2) is 49.5 Å². The number of carbonyl (C=O) groups is 4. The molecule has 2 aromatic carbocycles. The first kappa shape index (κ1) is 27.4. The fourth-order valence-corrected chi connectivity index (χ4v) is 4.12. The highest BCUT2D eigenvalue weighted by molar-refractivity contribution is 9.10. The quantitative estimate of drug-likeness (QED) is 0.213. The van der Waals surface area contributed by atoms with Gasteiger partial charge in [-0.1, -0.05) is 0 Å². The van der Waals surface area contributed by atoms with Crippen molar-refractivity contribution in [3.63, 3.8) is 0 Å². The number of nitrogens with one attached hydrogen (secondary N) is 2. The number of urea groups is 1. The van der Waals surface area contributed by atoms with E-state index in [0.717, 1.165) is 4.90 Å². The molecular weight excluding hydrogens is 581 g/mol. The molecule has 202 valence electrons. The van der Waals surface area contributed by atoms with Crippen LogP contribution in [0.2, 0.25) is 0 Å². The summed E-state index contributed by atoms with van der Waals surface area (Å²) < 4.78 is 34.4. The van der Waals surface area contributed by atoms with E-state index in [1.165, 1.54) is 56.7 Å². The maximum Gasteiger partial charge on any atom is 0.373 e. The molecule has 3 aromatic rings. The van der Waals surface area contributed by atoms with E-state index in [1.54, 1.807) is 12.1 Å². The molecule has 1 aliphatic rings. The number of methoxy groups -OCH3 is 2. The van der Waals surface area contributed by atoms with Crippen LogP contribution in [0.25, 0.3) is 6.08 Å². The van der Waals surface area contributed by atoms with Crippen LogP contribution in [0, 0.1) is 5.82 Å². The Kier molecular flexibility index (Phi) is 8.30. The van der Waals surface area contributed by atoms with Crippen LogP contribution in [0.3, 0.4) is 0 Å². The van der Waals surface area contributed by atoms with Gasteiger partial charge in [0.05, 0.1) is 25.2 Å². The summed E-state index contributed by atoms with van der Waals surface area (Å²) in [5, 5.41) is 5.09. The van der Waals surface area contributed by atoms with Crippen molar-refractivity contribution in [2.75, 3.05) is 26.1 Å². The molecule has 4 rings (SSSR count). The number of ether oxygens (including phenoxy) is 3. The summed E-state index contributed by atoms with van der Waals surface area (Å²) in [5.74, 6) is -1.54. The highest BCUT2D eigenvalue weighted by Gasteiger charge is 2.34. The fraction of sp³-hybridized carbons (Fsp3) is 0.154. The fourth-order valence-electron chi connectivity index (χ4n) is 3.54. The summed E-state index contributed by atoms with van der Waals surface area (Å²) in [6, 6.07) is 10.6. The van der Waals surface area contributed by atoms with Crippen LogP contribution >= 0.6 is 15.9 Å². The van der Waals surface area contributed by atoms with Crippen LogP contribution in [0.4, 0.5) is 14.9 Å². The molecule has 0 spiro atoms. The van der Waals surface area contributed by atoms with Crippen LogP contribution in [0.1, 0.15) is 21.9 Å². The number of rotatable bonds is 9. The third kappa shape index (κ3) is 6.44. The van der Waals surface area contributed by atoms with E-state index in [1.807, 2.05) is 0 Å². The lowest BCUT2D eigenvalue weighted by atomic mass is 10.1. The number of furan rings is 1. The van der Waals surface area contributed by atoms with Crippen molar-refractivity contribution in [2.24, 2.45) is 0 Å². The minimum Gasteiger partial charge on any atom is -0.493 e. The number of anilines is 1. The van der Waals surface area contributed by atoms with Crippen molar-refractivity contribution in [3.8, 4) is 11.5 Å². The smallest absolute Gasteiger partial charge is 0.373 e. The normalized spacial score (nSPS) is 13.8. The minimum atomic E-state index is -0.681. The summed E-state index contributed by atoms with van der Waals surface area (Å²) in [6.45, 7) is -0.556. The SMILES string of the molecule is COC(=O)c1ccc(CN2C(=O)N/C(=C\c3cc(Br)c(OCC(=O)Nc4ccc(F)cc4)c(OC)c3)C2=O)o1. The molecule has 1 saturated heterocycles. The zero-order chi connectivity index (χ0) is 28.1. The second-order valence-electron chi connectivity index (χ2n) is 8.01. The van der Waals surface area contributed by atoms with Gasteiger partial charge in [0.2, 0.25) is 5.76 Å². The average molecular weight is 602 g/mol. The number of amides is 4. The number of benzene rings is 2. The van der Waals surface area contributed by atoms with Gasteiger partial charge in [-0.15, -0.1) is 0 Å². The summed E-state index contributed by atoms with van der Waals surface area (Å²) in [7, 11) is 2.61. The molecule has 13 heteroatoms. The van der Waals surface area contributed by atoms with E-state index in [0.29, 0.717) is 15.7 Å². The lowest BCUT2D eigenvalue weighted by Crippen LogP contribution is -2.30. The molecule has 0 atom stereocenters. The van der Waals surface area contributed by atoms with Crippen molar-refractivity contribution in [3.05, 3.63) is 81.6 Å². The molecule has 1 aliphatic heterocycles. The number of hydrogen-bond donors (Lipinski definition) is 2. The van der Waals surface area contributed by atoms with Crippen LogP contribution < -0.4 is 20.1 Å². The van der Waals surface area contributed by atoms with Gasteiger partial charge in [0.1, 0.15) is 17.3 Å². The van der Waals surface area contributed by atoms with E-state index in [4.69, 9.17) is 13.9 Å². The Morgan fingerprint density at radius 2 is 1.87 bits per heavy atom. The standard InChI is InChI=1S/C26H21BrFN3O8/c1-36-21-11-14(9-18(27)23(21)38-13-22(32)29-16-5-3-15(28)4-6-16)10-19-24(33)31(26(35)30-19)12-17-7-8-20(39-17)25(34)37-2/h3-11H,12-13H2,1-2H3,(H,29,32)(H,30,35)/b19-10-. The van der Waals surface area contributed by atoms with Crippen LogP contribution in [0.15, 0.2) is 63.1 Å². The van der Waals surface area contributed by atoms with Gasteiger partial charge in [-0.25, -0.2) is 14.0 Å². The van der Waals surface area contributed by atoms with Gasteiger partial charge in [-0.3, -0.25) is 14.5 Å². The number of carbonyl (C=O) groups excluding carboxylic acids is 4. The van der Waals surface area contributed by atoms with Gasteiger partial charge in [-0.2, -0.15) is 0 Å².